The zero-order valence-corrected chi connectivity index (χ0v) is 35.3. The fourth-order valence-corrected chi connectivity index (χ4v) is 6.57. The normalized spacial score (nSPS) is 16.3. The molecule has 2 aliphatic rings. The van der Waals surface area contributed by atoms with E-state index in [0.29, 0.717) is 13.2 Å². The Morgan fingerprint density at radius 2 is 1.13 bits per heavy atom. The first-order chi connectivity index (χ1) is 22.2. The first-order valence-electron chi connectivity index (χ1n) is 15.4. The van der Waals surface area contributed by atoms with E-state index in [9.17, 15) is 0 Å². The molecule has 2 fully saturated rings. The molecular weight excluding hydrogens is 789 g/mol. The lowest BCUT2D eigenvalue weighted by atomic mass is 9.76. The van der Waals surface area contributed by atoms with Crippen LogP contribution in [0.4, 0.5) is 0 Å². The van der Waals surface area contributed by atoms with Gasteiger partial charge < -0.3 is 18.6 Å². The first kappa shape index (κ1) is 39.4. The van der Waals surface area contributed by atoms with Gasteiger partial charge in [0.1, 0.15) is 0 Å². The van der Waals surface area contributed by atoms with Crippen LogP contribution in [0.3, 0.4) is 0 Å². The van der Waals surface area contributed by atoms with Gasteiger partial charge in [0.25, 0.3) is 0 Å². The number of benzene rings is 4. The predicted octanol–water partition coefficient (Wildman–Crippen LogP) is 9.35. The Morgan fingerprint density at radius 3 is 1.60 bits per heavy atom. The molecule has 2 heterocycles. The van der Waals surface area contributed by atoms with Gasteiger partial charge in [-0.25, -0.2) is 0 Å². The summed E-state index contributed by atoms with van der Waals surface area (Å²) in [6, 6.07) is 29.4. The molecule has 4 aromatic carbocycles. The van der Waals surface area contributed by atoms with Crippen molar-refractivity contribution in [3.8, 4) is 22.3 Å². The molecule has 0 amide bonds. The third-order valence-electron chi connectivity index (χ3n) is 8.32. The van der Waals surface area contributed by atoms with Crippen LogP contribution in [0.15, 0.2) is 93.9 Å². The third-order valence-corrected chi connectivity index (χ3v) is 13.7. The van der Waals surface area contributed by atoms with Gasteiger partial charge in [0, 0.05) is 8.95 Å². The lowest BCUT2D eigenvalue weighted by Gasteiger charge is -2.32. The van der Waals surface area contributed by atoms with E-state index in [4.69, 9.17) is 18.6 Å². The van der Waals surface area contributed by atoms with E-state index in [2.05, 4.69) is 168 Å². The summed E-state index contributed by atoms with van der Waals surface area (Å²) in [4.78, 5) is 0. The fourth-order valence-electron chi connectivity index (χ4n) is 5.28. The molecule has 3 atom stereocenters. The molecule has 0 aliphatic carbocycles. The molecule has 0 spiro atoms. The van der Waals surface area contributed by atoms with E-state index in [1.807, 2.05) is 24.3 Å². The van der Waals surface area contributed by atoms with Gasteiger partial charge in [-0.2, -0.15) is 9.12 Å². The van der Waals surface area contributed by atoms with Crippen molar-refractivity contribution >= 4 is 97.9 Å². The standard InChI is InChI=1S/C20H23BBr2O2.C14H13BO2.BH6P4/c1-12-7-15(21-24-19(3,4)20(5,6)25-21)8-13(2)18(12)14-9-16(22)11-17(23)10-14;1-2-4-12(5-3-1)13-6-8-14(9-7-13)15-16-10-11-17-15;2-1-5(3)4/h7-11H,1-6H3;1-9H,10-11H2;2-4H2. The molecule has 245 valence electrons. The smallest absolute Gasteiger partial charge is 0.405 e. The molecule has 1 radical (unpaired) electrons. The van der Waals surface area contributed by atoms with Crippen molar-refractivity contribution in [2.75, 3.05) is 13.2 Å². The predicted molar refractivity (Wildman–Crippen MR) is 223 cm³/mol. The minimum absolute atomic E-state index is 0.0730. The van der Waals surface area contributed by atoms with Crippen molar-refractivity contribution in [1.29, 1.82) is 0 Å². The van der Waals surface area contributed by atoms with Crippen molar-refractivity contribution in [2.24, 2.45) is 0 Å². The summed E-state index contributed by atoms with van der Waals surface area (Å²) in [5, 5.41) is 0. The van der Waals surface area contributed by atoms with Crippen molar-refractivity contribution in [2.45, 2.75) is 52.7 Å². The molecule has 2 saturated heterocycles. The number of aryl methyl sites for hydroxylation is 2. The Labute approximate surface area is 307 Å². The summed E-state index contributed by atoms with van der Waals surface area (Å²) in [6.45, 7) is 16.1. The number of hydrogen-bond donors (Lipinski definition) is 0. The van der Waals surface area contributed by atoms with Gasteiger partial charge in [-0.05, 0) is 104 Å². The maximum absolute atomic E-state index is 6.21. The number of halogens is 2. The molecule has 0 aromatic heterocycles. The van der Waals surface area contributed by atoms with Gasteiger partial charge in [-0.1, -0.05) is 98.6 Å². The van der Waals surface area contributed by atoms with Gasteiger partial charge in [0.2, 0.25) is 0 Å². The fraction of sp³-hybridized carbons (Fsp3) is 0.294. The van der Waals surface area contributed by atoms with Gasteiger partial charge in [-0.15, -0.1) is 25.0 Å². The topological polar surface area (TPSA) is 36.9 Å². The maximum atomic E-state index is 6.21. The molecule has 0 N–H and O–H groups in total. The summed E-state index contributed by atoms with van der Waals surface area (Å²) in [5.41, 5.74) is 8.83. The average molecular weight is 831 g/mol. The van der Waals surface area contributed by atoms with E-state index >= 15 is 0 Å². The van der Waals surface area contributed by atoms with Crippen LogP contribution in [0, 0.1) is 13.8 Å². The van der Waals surface area contributed by atoms with E-state index in [-0.39, 0.29) is 32.6 Å². The highest BCUT2D eigenvalue weighted by Gasteiger charge is 2.51. The average Bonchev–Trinajstić information content (AvgIpc) is 3.63. The minimum Gasteiger partial charge on any atom is -0.405 e. The SMILES string of the molecule is Cc1cc(B2OC(C)(C)C(C)(C)O2)cc(C)c1-c1cc(Br)cc(Br)c1.P[B]P(P)P.c1ccc(-c2ccc(B3OCCO3)cc2)cc1. The lowest BCUT2D eigenvalue weighted by Crippen LogP contribution is -2.41. The van der Waals surface area contributed by atoms with Crippen LogP contribution in [-0.2, 0) is 18.6 Å². The highest BCUT2D eigenvalue weighted by atomic mass is 79.9. The quantitative estimate of drug-likeness (QED) is 0.149. The first-order valence-corrected chi connectivity index (χ1v) is 22.3. The number of rotatable bonds is 5. The Morgan fingerprint density at radius 1 is 0.660 bits per heavy atom. The summed E-state index contributed by atoms with van der Waals surface area (Å²) in [6.07, 6.45) is 0. The van der Waals surface area contributed by atoms with Crippen LogP contribution in [0.25, 0.3) is 22.3 Å². The zero-order valence-electron chi connectivity index (χ0n) is 27.8. The number of hydrogen-bond acceptors (Lipinski definition) is 4. The Kier molecular flexibility index (Phi) is 14.8. The second-order valence-corrected chi connectivity index (χ2v) is 21.7. The highest BCUT2D eigenvalue weighted by Crippen LogP contribution is 2.51. The van der Waals surface area contributed by atoms with Crippen molar-refractivity contribution in [3.63, 3.8) is 0 Å². The van der Waals surface area contributed by atoms with Crippen LogP contribution in [0.1, 0.15) is 38.8 Å². The zero-order chi connectivity index (χ0) is 34.4. The van der Waals surface area contributed by atoms with Gasteiger partial charge >= 0.3 is 14.2 Å². The van der Waals surface area contributed by atoms with Crippen LogP contribution in [0.2, 0.25) is 0 Å². The minimum atomic E-state index is -0.328. The van der Waals surface area contributed by atoms with E-state index in [0.717, 1.165) is 19.9 Å². The molecule has 2 aliphatic heterocycles. The molecule has 47 heavy (non-hydrogen) atoms. The monoisotopic (exact) mass is 829 g/mol. The van der Waals surface area contributed by atoms with Crippen molar-refractivity contribution in [1.82, 2.24) is 0 Å². The van der Waals surface area contributed by atoms with Crippen LogP contribution >= 0.6 is 66.0 Å². The molecule has 0 bridgehead atoms. The largest absolute Gasteiger partial charge is 0.494 e. The van der Waals surface area contributed by atoms with E-state index in [1.54, 1.807) is 0 Å². The maximum Gasteiger partial charge on any atom is 0.494 e. The Hall–Kier alpha value is -0.405. The second kappa shape index (κ2) is 17.7. The highest BCUT2D eigenvalue weighted by molar-refractivity contribution is 9.11. The van der Waals surface area contributed by atoms with Crippen molar-refractivity contribution < 1.29 is 18.6 Å². The van der Waals surface area contributed by atoms with Crippen LogP contribution in [-0.4, -0.2) is 45.4 Å². The molecular formula is C34H42B3Br2O4P4. The molecule has 3 unspecified atom stereocenters. The molecule has 4 nitrogen and oxygen atoms in total. The third kappa shape index (κ3) is 10.8. The molecule has 13 heteroatoms. The Bertz CT molecular complexity index is 1560. The summed E-state index contributed by atoms with van der Waals surface area (Å²) < 4.78 is 25.5. The summed E-state index contributed by atoms with van der Waals surface area (Å²) in [7, 11) is 7.49. The van der Waals surface area contributed by atoms with Crippen molar-refractivity contribution in [3.05, 3.63) is 105 Å². The van der Waals surface area contributed by atoms with E-state index < -0.39 is 0 Å². The molecule has 0 saturated carbocycles. The summed E-state index contributed by atoms with van der Waals surface area (Å²) in [5.74, 6) is 0. The summed E-state index contributed by atoms with van der Waals surface area (Å²) >= 11 is 7.17. The second-order valence-electron chi connectivity index (χ2n) is 12.4. The van der Waals surface area contributed by atoms with Crippen LogP contribution < -0.4 is 10.9 Å². The van der Waals surface area contributed by atoms with Gasteiger partial charge in [0.15, 0.2) is 6.72 Å². The Balaban J connectivity index is 0.000000196. The van der Waals surface area contributed by atoms with E-state index in [1.165, 1.54) is 33.4 Å². The molecule has 6 rings (SSSR count). The molecule has 4 aromatic rings. The van der Waals surface area contributed by atoms with Gasteiger partial charge in [0.05, 0.1) is 24.4 Å². The van der Waals surface area contributed by atoms with Gasteiger partial charge in [-0.3, -0.25) is 0 Å². The lowest BCUT2D eigenvalue weighted by molar-refractivity contribution is 0.00578. The van der Waals surface area contributed by atoms with Crippen LogP contribution in [0.5, 0.6) is 0 Å².